The number of ether oxygens (including phenoxy) is 4. The van der Waals surface area contributed by atoms with Gasteiger partial charge in [0.15, 0.2) is 0 Å². The Balaban J connectivity index is 3.18. The number of esters is 2. The molecule has 3 unspecified atom stereocenters. The molecule has 0 aliphatic rings. The van der Waals surface area contributed by atoms with Crippen LogP contribution in [0.1, 0.15) is 194 Å². The van der Waals surface area contributed by atoms with E-state index in [-0.39, 0.29) is 43.9 Å². The fourth-order valence-corrected chi connectivity index (χ4v) is 7.77. The molecule has 0 saturated heterocycles. The molecule has 60 heavy (non-hydrogen) atoms. The van der Waals surface area contributed by atoms with Gasteiger partial charge in [0.2, 0.25) is 0 Å². The molecular formula is C49H85NO10. The van der Waals surface area contributed by atoms with Crippen molar-refractivity contribution in [2.75, 3.05) is 27.3 Å². The van der Waals surface area contributed by atoms with Gasteiger partial charge in [0.1, 0.15) is 24.2 Å². The minimum Gasteiger partial charge on any atom is -0.493 e. The molecule has 1 aromatic rings. The first kappa shape index (κ1) is 54.7. The second-order valence-corrected chi connectivity index (χ2v) is 17.2. The molecule has 0 aliphatic heterocycles. The lowest BCUT2D eigenvalue weighted by molar-refractivity contribution is -0.160. The fraction of sp³-hybridized carbons (Fsp3) is 0.796. The molecule has 0 radical (unpaired) electrons. The summed E-state index contributed by atoms with van der Waals surface area (Å²) in [5, 5.41) is 20.6. The number of hydrogen-bond acceptors (Lipinski definition) is 9. The number of benzene rings is 1. The van der Waals surface area contributed by atoms with Crippen molar-refractivity contribution in [3.8, 4) is 11.5 Å². The topological polar surface area (TPSA) is 149 Å². The summed E-state index contributed by atoms with van der Waals surface area (Å²) in [5.41, 5.74) is 0.953. The lowest BCUT2D eigenvalue weighted by atomic mass is 9.78. The van der Waals surface area contributed by atoms with E-state index in [1.165, 1.54) is 0 Å². The number of rotatable bonds is 39. The van der Waals surface area contributed by atoms with Crippen LogP contribution in [-0.4, -0.2) is 78.5 Å². The molecule has 1 rings (SSSR count). The van der Waals surface area contributed by atoms with Gasteiger partial charge < -0.3 is 34.1 Å². The summed E-state index contributed by atoms with van der Waals surface area (Å²) in [4.78, 5) is 52.6. The van der Waals surface area contributed by atoms with E-state index >= 15 is 0 Å². The van der Waals surface area contributed by atoms with Crippen LogP contribution < -0.4 is 9.47 Å². The Labute approximate surface area is 364 Å². The van der Waals surface area contributed by atoms with Crippen LogP contribution in [-0.2, 0) is 35.2 Å². The van der Waals surface area contributed by atoms with Crippen molar-refractivity contribution in [2.24, 2.45) is 17.8 Å². The molecule has 0 bridgehead atoms. The van der Waals surface area contributed by atoms with Crippen molar-refractivity contribution in [3.63, 3.8) is 0 Å². The lowest BCUT2D eigenvalue weighted by Gasteiger charge is -2.28. The SMILES string of the molecule is CCCCCCCC(=O)OC[C@H](CCOc1cc(CN(C)C)cc(OC(CCCC)CC(CC(CC)[C@@H](CCCCCC)C(=O)O)C(=O)O)c1)OC(=O)CCCCCCC. The van der Waals surface area contributed by atoms with Crippen molar-refractivity contribution in [2.45, 2.75) is 207 Å². The first-order chi connectivity index (χ1) is 28.9. The van der Waals surface area contributed by atoms with Crippen LogP contribution in [0.2, 0.25) is 0 Å². The molecule has 5 atom stereocenters. The first-order valence-electron chi connectivity index (χ1n) is 23.8. The smallest absolute Gasteiger partial charge is 0.306 e. The highest BCUT2D eigenvalue weighted by Crippen LogP contribution is 2.33. The summed E-state index contributed by atoms with van der Waals surface area (Å²) in [7, 11) is 3.95. The molecule has 346 valence electrons. The maximum absolute atomic E-state index is 12.8. The first-order valence-corrected chi connectivity index (χ1v) is 23.8. The Bertz CT molecular complexity index is 1300. The summed E-state index contributed by atoms with van der Waals surface area (Å²) in [6, 6.07) is 5.72. The van der Waals surface area contributed by atoms with Gasteiger partial charge >= 0.3 is 23.9 Å². The molecule has 11 heteroatoms. The van der Waals surface area contributed by atoms with Crippen LogP contribution in [0.4, 0.5) is 0 Å². The highest BCUT2D eigenvalue weighted by Gasteiger charge is 2.33. The molecule has 2 N–H and O–H groups in total. The second-order valence-electron chi connectivity index (χ2n) is 17.2. The summed E-state index contributed by atoms with van der Waals surface area (Å²) in [6.45, 7) is 11.3. The fourth-order valence-electron chi connectivity index (χ4n) is 7.77. The summed E-state index contributed by atoms with van der Waals surface area (Å²) in [5.74, 6) is -2.79. The number of nitrogens with zero attached hydrogens (tertiary/aromatic N) is 1. The van der Waals surface area contributed by atoms with Crippen molar-refractivity contribution < 1.29 is 48.3 Å². The van der Waals surface area contributed by atoms with Gasteiger partial charge in [-0.3, -0.25) is 19.2 Å². The standard InChI is InChI=1S/C49H85NO10/c1-8-13-17-20-23-27-46(51)58-37-42(60-47(52)28-24-21-18-14-9-2)29-30-57-43-31-38(36-50(6)7)32-44(35-43)59-41(25-16-11-4)34-40(48(53)54)33-39(12-5)45(49(55)56)26-22-19-15-10-3/h31-32,35,39-42,45H,8-30,33-34,36-37H2,1-7H3,(H,53,54)(H,55,56)/t39?,40?,41?,42-,45+/m0/s1. The van der Waals surface area contributed by atoms with Gasteiger partial charge in [0, 0.05) is 31.9 Å². The van der Waals surface area contributed by atoms with E-state index in [1.54, 1.807) is 0 Å². The minimum absolute atomic E-state index is 0.0252. The number of hydrogen-bond donors (Lipinski definition) is 2. The van der Waals surface area contributed by atoms with Gasteiger partial charge in [0.25, 0.3) is 0 Å². The van der Waals surface area contributed by atoms with Crippen LogP contribution in [0.25, 0.3) is 0 Å². The summed E-state index contributed by atoms with van der Waals surface area (Å²) < 4.78 is 24.3. The van der Waals surface area contributed by atoms with E-state index < -0.39 is 36.0 Å². The Morgan fingerprint density at radius 3 is 1.77 bits per heavy atom. The van der Waals surface area contributed by atoms with Crippen LogP contribution in [0, 0.1) is 17.8 Å². The van der Waals surface area contributed by atoms with E-state index in [2.05, 4.69) is 27.7 Å². The molecule has 11 nitrogen and oxygen atoms in total. The monoisotopic (exact) mass is 848 g/mol. The number of carbonyl (C=O) groups excluding carboxylic acids is 2. The molecule has 0 amide bonds. The van der Waals surface area contributed by atoms with E-state index in [4.69, 9.17) is 18.9 Å². The molecular weight excluding hydrogens is 763 g/mol. The molecule has 0 aliphatic carbocycles. The van der Waals surface area contributed by atoms with Crippen LogP contribution in [0.5, 0.6) is 11.5 Å². The third-order valence-electron chi connectivity index (χ3n) is 11.3. The third kappa shape index (κ3) is 26.1. The summed E-state index contributed by atoms with van der Waals surface area (Å²) in [6.07, 6.45) is 18.2. The van der Waals surface area contributed by atoms with E-state index in [0.29, 0.717) is 56.6 Å². The number of aliphatic carboxylic acids is 2. The van der Waals surface area contributed by atoms with Gasteiger partial charge in [0.05, 0.1) is 24.5 Å². The molecule has 0 heterocycles. The van der Waals surface area contributed by atoms with E-state index in [0.717, 1.165) is 108 Å². The highest BCUT2D eigenvalue weighted by molar-refractivity contribution is 5.72. The van der Waals surface area contributed by atoms with Crippen molar-refractivity contribution in [1.29, 1.82) is 0 Å². The number of unbranched alkanes of at least 4 members (excludes halogenated alkanes) is 12. The predicted octanol–water partition coefficient (Wildman–Crippen LogP) is 11.8. The Kier molecular flexibility index (Phi) is 31.2. The van der Waals surface area contributed by atoms with Gasteiger partial charge in [-0.25, -0.2) is 0 Å². The van der Waals surface area contributed by atoms with E-state index in [1.807, 2.05) is 44.1 Å². The van der Waals surface area contributed by atoms with Gasteiger partial charge in [-0.15, -0.1) is 0 Å². The van der Waals surface area contributed by atoms with Gasteiger partial charge in [-0.05, 0) is 76.2 Å². The average Bonchev–Trinajstić information content (AvgIpc) is 3.20. The quantitative estimate of drug-likeness (QED) is 0.0481. The minimum atomic E-state index is -0.927. The molecule has 0 aromatic heterocycles. The average molecular weight is 848 g/mol. The van der Waals surface area contributed by atoms with Crippen LogP contribution in [0.15, 0.2) is 18.2 Å². The zero-order chi connectivity index (χ0) is 44.5. The Morgan fingerprint density at radius 2 is 1.20 bits per heavy atom. The number of carbonyl (C=O) groups is 4. The maximum Gasteiger partial charge on any atom is 0.306 e. The van der Waals surface area contributed by atoms with Crippen molar-refractivity contribution >= 4 is 23.9 Å². The van der Waals surface area contributed by atoms with Crippen LogP contribution in [0.3, 0.4) is 0 Å². The molecule has 0 saturated carbocycles. The van der Waals surface area contributed by atoms with Crippen molar-refractivity contribution in [1.82, 2.24) is 4.90 Å². The normalized spacial score (nSPS) is 13.9. The molecule has 0 fully saturated rings. The van der Waals surface area contributed by atoms with Gasteiger partial charge in [-0.1, -0.05) is 131 Å². The van der Waals surface area contributed by atoms with Crippen LogP contribution >= 0.6 is 0 Å². The number of carboxylic acids is 2. The lowest BCUT2D eigenvalue weighted by Crippen LogP contribution is -2.31. The number of carboxylic acid groups (broad SMARTS) is 2. The summed E-state index contributed by atoms with van der Waals surface area (Å²) >= 11 is 0. The highest BCUT2D eigenvalue weighted by atomic mass is 16.6. The Morgan fingerprint density at radius 1 is 0.617 bits per heavy atom. The van der Waals surface area contributed by atoms with Crippen molar-refractivity contribution in [3.05, 3.63) is 23.8 Å². The van der Waals surface area contributed by atoms with Gasteiger partial charge in [-0.2, -0.15) is 0 Å². The van der Waals surface area contributed by atoms with E-state index in [9.17, 15) is 29.4 Å². The zero-order valence-electron chi connectivity index (χ0n) is 38.8. The third-order valence-corrected chi connectivity index (χ3v) is 11.3. The maximum atomic E-state index is 12.8. The second kappa shape index (κ2) is 34.3. The molecule has 1 aromatic carbocycles. The zero-order valence-corrected chi connectivity index (χ0v) is 38.8. The Hall–Kier alpha value is -3.34. The largest absolute Gasteiger partial charge is 0.493 e. The predicted molar refractivity (Wildman–Crippen MR) is 240 cm³/mol. The molecule has 0 spiro atoms.